The predicted molar refractivity (Wildman–Crippen MR) is 191 cm³/mol. The molecule has 0 rings (SSSR count). The second kappa shape index (κ2) is 33.9. The quantitative estimate of drug-likeness (QED) is 0.0560. The Kier molecular flexibility index (Phi) is 32.8. The van der Waals surface area contributed by atoms with Gasteiger partial charge >= 0.3 is 5.97 Å². The molecule has 1 atom stereocenters. The molecule has 0 aromatic heterocycles. The lowest BCUT2D eigenvalue weighted by Crippen LogP contribution is -2.49. The van der Waals surface area contributed by atoms with Crippen LogP contribution in [0.1, 0.15) is 213 Å². The van der Waals surface area contributed by atoms with Gasteiger partial charge in [0.05, 0.1) is 6.61 Å². The summed E-state index contributed by atoms with van der Waals surface area (Å²) in [6.07, 6.45) is 32.0. The Morgan fingerprint density at radius 3 is 1.18 bits per heavy atom. The highest BCUT2D eigenvalue weighted by molar-refractivity contribution is 5.99. The van der Waals surface area contributed by atoms with Gasteiger partial charge < -0.3 is 10.5 Å². The largest absolute Gasteiger partial charge is 0.464 e. The summed E-state index contributed by atoms with van der Waals surface area (Å²) in [5.41, 5.74) is 5.81. The second-order valence-electron chi connectivity index (χ2n) is 13.4. The third-order valence-electron chi connectivity index (χ3n) is 9.03. The van der Waals surface area contributed by atoms with E-state index in [4.69, 9.17) is 10.5 Å². The molecule has 0 fully saturated rings. The molecule has 0 heterocycles. The van der Waals surface area contributed by atoms with Crippen LogP contribution in [0.15, 0.2) is 0 Å². The average molecular weight is 637 g/mol. The molecule has 0 radical (unpaired) electrons. The van der Waals surface area contributed by atoms with Gasteiger partial charge in [0.1, 0.15) is 6.04 Å². The fraction of sp³-hybridized carbons (Fsp3) is 0.923. The van der Waals surface area contributed by atoms with Crippen molar-refractivity contribution in [1.82, 2.24) is 4.90 Å². The summed E-state index contributed by atoms with van der Waals surface area (Å²) < 4.78 is 5.71. The van der Waals surface area contributed by atoms with Gasteiger partial charge in [-0.15, -0.1) is 0 Å². The predicted octanol–water partition coefficient (Wildman–Crippen LogP) is 11.0. The zero-order chi connectivity index (χ0) is 33.2. The minimum Gasteiger partial charge on any atom is -0.464 e. The van der Waals surface area contributed by atoms with Gasteiger partial charge in [-0.3, -0.25) is 14.5 Å². The molecule has 0 saturated carbocycles. The Morgan fingerprint density at radius 1 is 0.489 bits per heavy atom. The molecule has 0 aliphatic carbocycles. The third-order valence-corrected chi connectivity index (χ3v) is 9.03. The van der Waals surface area contributed by atoms with Crippen LogP contribution in [0.3, 0.4) is 0 Å². The first-order valence-corrected chi connectivity index (χ1v) is 19.7. The van der Waals surface area contributed by atoms with Crippen LogP contribution in [0, 0.1) is 0 Å². The minimum absolute atomic E-state index is 0.221. The van der Waals surface area contributed by atoms with E-state index in [1.165, 1.54) is 114 Å². The lowest BCUT2D eigenvalue weighted by Gasteiger charge is -2.29. The molecule has 0 aliphatic rings. The zero-order valence-corrected chi connectivity index (χ0v) is 30.4. The summed E-state index contributed by atoms with van der Waals surface area (Å²) in [4.78, 5) is 41.6. The Balaban J connectivity index is 4.86. The van der Waals surface area contributed by atoms with Crippen molar-refractivity contribution in [3.63, 3.8) is 0 Å². The van der Waals surface area contributed by atoms with Crippen LogP contribution in [-0.2, 0) is 19.1 Å². The van der Waals surface area contributed by atoms with Gasteiger partial charge in [0.25, 0.3) is 0 Å². The number of carbonyl (C=O) groups is 3. The van der Waals surface area contributed by atoms with Gasteiger partial charge in [0, 0.05) is 12.8 Å². The monoisotopic (exact) mass is 637 g/mol. The van der Waals surface area contributed by atoms with Crippen molar-refractivity contribution in [2.75, 3.05) is 13.2 Å². The summed E-state index contributed by atoms with van der Waals surface area (Å²) in [7, 11) is 0. The number of unbranched alkanes of at least 4 members (excludes halogenated alkanes) is 23. The van der Waals surface area contributed by atoms with E-state index < -0.39 is 12.0 Å². The number of hydrogen-bond acceptors (Lipinski definition) is 5. The van der Waals surface area contributed by atoms with E-state index in [1.54, 1.807) is 0 Å². The maximum absolute atomic E-state index is 13.5. The summed E-state index contributed by atoms with van der Waals surface area (Å²) in [5.74, 6) is -0.881. The van der Waals surface area contributed by atoms with Gasteiger partial charge in [0.15, 0.2) is 0 Å². The van der Waals surface area contributed by atoms with Crippen molar-refractivity contribution in [2.24, 2.45) is 5.73 Å². The third kappa shape index (κ3) is 26.3. The molecule has 266 valence electrons. The van der Waals surface area contributed by atoms with E-state index >= 15 is 0 Å². The van der Waals surface area contributed by atoms with E-state index in [9.17, 15) is 14.4 Å². The number of hydrogen-bond donors (Lipinski definition) is 1. The number of carbonyl (C=O) groups excluding carboxylic acids is 3. The Labute approximate surface area is 279 Å². The molecule has 0 saturated heterocycles. The molecule has 6 nitrogen and oxygen atoms in total. The molecule has 6 heteroatoms. The van der Waals surface area contributed by atoms with Gasteiger partial charge in [-0.25, -0.2) is 4.79 Å². The standard InChI is InChI=1S/C39H76N2O4/c1-4-7-10-13-16-17-18-19-20-23-26-29-35-45-39(44)36(31-30-34-40)41(37(42)32-27-24-21-14-11-8-5-2)38(43)33-28-25-22-15-12-9-6-3/h36H,4-35,40H2,1-3H3/t36-/m0/s1. The van der Waals surface area contributed by atoms with Crippen LogP contribution in [0.25, 0.3) is 0 Å². The van der Waals surface area contributed by atoms with Crippen molar-refractivity contribution in [3.05, 3.63) is 0 Å². The number of esters is 1. The van der Waals surface area contributed by atoms with E-state index in [1.807, 2.05) is 0 Å². The topological polar surface area (TPSA) is 89.7 Å². The van der Waals surface area contributed by atoms with Crippen LogP contribution in [0.5, 0.6) is 0 Å². The van der Waals surface area contributed by atoms with Crippen molar-refractivity contribution >= 4 is 17.8 Å². The van der Waals surface area contributed by atoms with Crippen molar-refractivity contribution in [3.8, 4) is 0 Å². The highest BCUT2D eigenvalue weighted by atomic mass is 16.5. The van der Waals surface area contributed by atoms with Gasteiger partial charge in [-0.05, 0) is 38.6 Å². The van der Waals surface area contributed by atoms with Gasteiger partial charge in [-0.2, -0.15) is 0 Å². The average Bonchev–Trinajstić information content (AvgIpc) is 3.04. The van der Waals surface area contributed by atoms with Crippen LogP contribution in [0.2, 0.25) is 0 Å². The summed E-state index contributed by atoms with van der Waals surface area (Å²) >= 11 is 0. The van der Waals surface area contributed by atoms with E-state index in [0.717, 1.165) is 57.8 Å². The molecule has 0 bridgehead atoms. The second-order valence-corrected chi connectivity index (χ2v) is 13.4. The lowest BCUT2D eigenvalue weighted by atomic mass is 10.0. The van der Waals surface area contributed by atoms with Gasteiger partial charge in [-0.1, -0.05) is 168 Å². The van der Waals surface area contributed by atoms with E-state index in [2.05, 4.69) is 20.8 Å². The van der Waals surface area contributed by atoms with Crippen LogP contribution in [-0.4, -0.2) is 41.9 Å². The normalized spacial score (nSPS) is 11.9. The van der Waals surface area contributed by atoms with Crippen LogP contribution in [0.4, 0.5) is 0 Å². The lowest BCUT2D eigenvalue weighted by molar-refractivity contribution is -0.162. The highest BCUT2D eigenvalue weighted by Gasteiger charge is 2.34. The number of nitrogens with two attached hydrogens (primary N) is 1. The Morgan fingerprint density at radius 2 is 0.822 bits per heavy atom. The van der Waals surface area contributed by atoms with E-state index in [0.29, 0.717) is 38.8 Å². The Bertz CT molecular complexity index is 654. The maximum atomic E-state index is 13.5. The first-order chi connectivity index (χ1) is 22.0. The fourth-order valence-electron chi connectivity index (χ4n) is 6.07. The number of rotatable bonds is 34. The van der Waals surface area contributed by atoms with Crippen molar-refractivity contribution in [2.45, 2.75) is 219 Å². The number of nitrogens with zero attached hydrogens (tertiary/aromatic N) is 1. The molecular formula is C39H76N2O4. The molecule has 2 amide bonds. The maximum Gasteiger partial charge on any atom is 0.329 e. The fourth-order valence-corrected chi connectivity index (χ4v) is 6.07. The number of ether oxygens (including phenoxy) is 1. The SMILES string of the molecule is CCCCCCCCCCCCCCOC(=O)[C@H](CCCN)N(C(=O)CCCCCCCCC)C(=O)CCCCCCCCC. The molecule has 2 N–H and O–H groups in total. The summed E-state index contributed by atoms with van der Waals surface area (Å²) in [5, 5.41) is 0. The molecular weight excluding hydrogens is 560 g/mol. The first kappa shape index (κ1) is 43.6. The number of imide groups is 1. The van der Waals surface area contributed by atoms with Crippen molar-refractivity contribution < 1.29 is 19.1 Å². The zero-order valence-electron chi connectivity index (χ0n) is 30.4. The van der Waals surface area contributed by atoms with Gasteiger partial charge in [0.2, 0.25) is 11.8 Å². The summed E-state index contributed by atoms with van der Waals surface area (Å²) in [6.45, 7) is 7.44. The van der Waals surface area contributed by atoms with Crippen LogP contribution >= 0.6 is 0 Å². The summed E-state index contributed by atoms with van der Waals surface area (Å²) in [6, 6.07) is -0.861. The number of amides is 2. The Hall–Kier alpha value is -1.43. The highest BCUT2D eigenvalue weighted by Crippen LogP contribution is 2.19. The van der Waals surface area contributed by atoms with E-state index in [-0.39, 0.29) is 11.8 Å². The molecule has 0 unspecified atom stereocenters. The molecule has 0 spiro atoms. The van der Waals surface area contributed by atoms with Crippen molar-refractivity contribution in [1.29, 1.82) is 0 Å². The van der Waals surface area contributed by atoms with Crippen LogP contribution < -0.4 is 5.73 Å². The molecule has 45 heavy (non-hydrogen) atoms. The molecule has 0 aromatic rings. The molecule has 0 aromatic carbocycles. The first-order valence-electron chi connectivity index (χ1n) is 19.7. The smallest absolute Gasteiger partial charge is 0.329 e. The molecule has 0 aliphatic heterocycles. The minimum atomic E-state index is -0.861.